The Hall–Kier alpha value is -1.36. The topological polar surface area (TPSA) is 37.6 Å². The number of hydrogen-bond acceptors (Lipinski definition) is 3. The van der Waals surface area contributed by atoms with Crippen LogP contribution in [-0.4, -0.2) is 33.3 Å². The summed E-state index contributed by atoms with van der Waals surface area (Å²) in [7, 11) is 0. The molecule has 2 aromatic heterocycles. The SMILES string of the molecule is O=C(c1cn2ccsc2n1)N1CCCCC1. The molecule has 5 heteroatoms. The number of amides is 1. The number of carbonyl (C=O) groups excluding carboxylic acids is 1. The Balaban J connectivity index is 1.86. The number of imidazole rings is 1. The van der Waals surface area contributed by atoms with Crippen molar-refractivity contribution in [3.05, 3.63) is 23.5 Å². The molecule has 1 aliphatic rings. The average molecular weight is 235 g/mol. The maximum atomic E-state index is 12.1. The molecule has 1 fully saturated rings. The average Bonchev–Trinajstić information content (AvgIpc) is 2.89. The first-order chi connectivity index (χ1) is 7.84. The molecule has 16 heavy (non-hydrogen) atoms. The van der Waals surface area contributed by atoms with Gasteiger partial charge in [0, 0.05) is 30.9 Å². The largest absolute Gasteiger partial charge is 0.337 e. The molecule has 0 bridgehead atoms. The van der Waals surface area contributed by atoms with E-state index in [2.05, 4.69) is 4.98 Å². The standard InChI is InChI=1S/C11H13N3OS/c15-10(13-4-2-1-3-5-13)9-8-14-6-7-16-11(14)12-9/h6-8H,1-5H2. The van der Waals surface area contributed by atoms with Gasteiger partial charge in [-0.3, -0.25) is 9.20 Å². The van der Waals surface area contributed by atoms with Crippen molar-refractivity contribution in [2.45, 2.75) is 19.3 Å². The third-order valence-corrected chi connectivity index (χ3v) is 3.73. The Morgan fingerprint density at radius 1 is 1.31 bits per heavy atom. The fourth-order valence-corrected chi connectivity index (χ4v) is 2.79. The second-order valence-corrected chi connectivity index (χ2v) is 4.94. The predicted molar refractivity (Wildman–Crippen MR) is 62.8 cm³/mol. The van der Waals surface area contributed by atoms with E-state index in [-0.39, 0.29) is 5.91 Å². The van der Waals surface area contributed by atoms with Gasteiger partial charge in [0.05, 0.1) is 0 Å². The zero-order valence-corrected chi connectivity index (χ0v) is 9.74. The highest BCUT2D eigenvalue weighted by atomic mass is 32.1. The molecule has 0 saturated carbocycles. The molecule has 1 amide bonds. The lowest BCUT2D eigenvalue weighted by Gasteiger charge is -2.25. The normalized spacial score (nSPS) is 16.9. The first-order valence-corrected chi connectivity index (χ1v) is 6.44. The van der Waals surface area contributed by atoms with Gasteiger partial charge in [0.25, 0.3) is 5.91 Å². The summed E-state index contributed by atoms with van der Waals surface area (Å²) in [6.07, 6.45) is 7.23. The Morgan fingerprint density at radius 3 is 2.88 bits per heavy atom. The van der Waals surface area contributed by atoms with Crippen LogP contribution in [-0.2, 0) is 0 Å². The molecule has 0 unspecified atom stereocenters. The lowest BCUT2D eigenvalue weighted by Crippen LogP contribution is -2.35. The van der Waals surface area contributed by atoms with Gasteiger partial charge in [-0.05, 0) is 19.3 Å². The molecule has 0 aromatic carbocycles. The van der Waals surface area contributed by atoms with E-state index >= 15 is 0 Å². The van der Waals surface area contributed by atoms with Gasteiger partial charge in [0.2, 0.25) is 0 Å². The molecule has 0 N–H and O–H groups in total. The quantitative estimate of drug-likeness (QED) is 0.758. The van der Waals surface area contributed by atoms with Crippen molar-refractivity contribution >= 4 is 22.2 Å². The van der Waals surface area contributed by atoms with Gasteiger partial charge < -0.3 is 4.90 Å². The molecule has 1 saturated heterocycles. The van der Waals surface area contributed by atoms with Gasteiger partial charge in [0.1, 0.15) is 5.69 Å². The first kappa shape index (κ1) is 9.84. The van der Waals surface area contributed by atoms with Gasteiger partial charge in [-0.15, -0.1) is 11.3 Å². The number of hydrogen-bond donors (Lipinski definition) is 0. The number of carbonyl (C=O) groups is 1. The van der Waals surface area contributed by atoms with Crippen molar-refractivity contribution in [1.29, 1.82) is 0 Å². The molecule has 2 aromatic rings. The zero-order chi connectivity index (χ0) is 11.0. The van der Waals surface area contributed by atoms with Crippen molar-refractivity contribution < 1.29 is 4.79 Å². The maximum absolute atomic E-state index is 12.1. The predicted octanol–water partition coefficient (Wildman–Crippen LogP) is 2.02. The minimum atomic E-state index is 0.0793. The van der Waals surface area contributed by atoms with Crippen LogP contribution < -0.4 is 0 Å². The van der Waals surface area contributed by atoms with E-state index in [0.29, 0.717) is 5.69 Å². The minimum Gasteiger partial charge on any atom is -0.337 e. The fraction of sp³-hybridized carbons (Fsp3) is 0.455. The number of rotatable bonds is 1. The van der Waals surface area contributed by atoms with Crippen molar-refractivity contribution in [1.82, 2.24) is 14.3 Å². The molecular weight excluding hydrogens is 222 g/mol. The second-order valence-electron chi connectivity index (χ2n) is 4.07. The van der Waals surface area contributed by atoms with Crippen LogP contribution in [0.1, 0.15) is 29.8 Å². The molecule has 3 rings (SSSR count). The molecule has 1 aliphatic heterocycles. The lowest BCUT2D eigenvalue weighted by atomic mass is 10.1. The van der Waals surface area contributed by atoms with Crippen molar-refractivity contribution in [3.8, 4) is 0 Å². The first-order valence-electron chi connectivity index (χ1n) is 5.56. The number of fused-ring (bicyclic) bond motifs is 1. The Kier molecular flexibility index (Phi) is 2.40. The van der Waals surface area contributed by atoms with Crippen LogP contribution in [0, 0.1) is 0 Å². The van der Waals surface area contributed by atoms with E-state index in [1.165, 1.54) is 6.42 Å². The van der Waals surface area contributed by atoms with E-state index < -0.39 is 0 Å². The number of thiazole rings is 1. The second kappa shape index (κ2) is 3.90. The summed E-state index contributed by atoms with van der Waals surface area (Å²) in [5.41, 5.74) is 0.578. The van der Waals surface area contributed by atoms with Crippen LogP contribution in [0.3, 0.4) is 0 Å². The summed E-state index contributed by atoms with van der Waals surface area (Å²) in [4.78, 5) is 19.3. The summed E-state index contributed by atoms with van der Waals surface area (Å²) in [6.45, 7) is 1.76. The van der Waals surface area contributed by atoms with Gasteiger partial charge in [-0.25, -0.2) is 4.98 Å². The van der Waals surface area contributed by atoms with Crippen molar-refractivity contribution in [3.63, 3.8) is 0 Å². The zero-order valence-electron chi connectivity index (χ0n) is 8.93. The molecule has 0 atom stereocenters. The molecular formula is C11H13N3OS. The summed E-state index contributed by atoms with van der Waals surface area (Å²) in [5.74, 6) is 0.0793. The highest BCUT2D eigenvalue weighted by Gasteiger charge is 2.20. The van der Waals surface area contributed by atoms with Crippen LogP contribution in [0.4, 0.5) is 0 Å². The highest BCUT2D eigenvalue weighted by Crippen LogP contribution is 2.15. The van der Waals surface area contributed by atoms with Crippen molar-refractivity contribution in [2.24, 2.45) is 0 Å². The van der Waals surface area contributed by atoms with Gasteiger partial charge in [-0.2, -0.15) is 0 Å². The van der Waals surface area contributed by atoms with Crippen molar-refractivity contribution in [2.75, 3.05) is 13.1 Å². The Labute approximate surface area is 97.5 Å². The Bertz CT molecular complexity index is 482. The van der Waals surface area contributed by atoms with E-state index in [9.17, 15) is 4.79 Å². The molecule has 84 valence electrons. The molecule has 0 radical (unpaired) electrons. The van der Waals surface area contributed by atoms with Gasteiger partial charge in [-0.1, -0.05) is 0 Å². The van der Waals surface area contributed by atoms with Crippen LogP contribution in [0.2, 0.25) is 0 Å². The summed E-state index contributed by atoms with van der Waals surface area (Å²) in [5, 5.41) is 1.97. The van der Waals surface area contributed by atoms with E-state index in [1.807, 2.05) is 27.1 Å². The van der Waals surface area contributed by atoms with E-state index in [1.54, 1.807) is 11.3 Å². The smallest absolute Gasteiger partial charge is 0.274 e. The number of piperidine rings is 1. The van der Waals surface area contributed by atoms with E-state index in [4.69, 9.17) is 0 Å². The molecule has 4 nitrogen and oxygen atoms in total. The van der Waals surface area contributed by atoms with Crippen LogP contribution in [0.5, 0.6) is 0 Å². The monoisotopic (exact) mass is 235 g/mol. The third kappa shape index (κ3) is 1.61. The van der Waals surface area contributed by atoms with Crippen LogP contribution in [0.25, 0.3) is 4.96 Å². The maximum Gasteiger partial charge on any atom is 0.274 e. The summed E-state index contributed by atoms with van der Waals surface area (Å²) < 4.78 is 1.90. The molecule has 3 heterocycles. The molecule has 0 aliphatic carbocycles. The van der Waals surface area contributed by atoms with Crippen LogP contribution in [0.15, 0.2) is 17.8 Å². The minimum absolute atomic E-state index is 0.0793. The molecule has 0 spiro atoms. The number of aromatic nitrogens is 2. The van der Waals surface area contributed by atoms with E-state index in [0.717, 1.165) is 30.9 Å². The highest BCUT2D eigenvalue weighted by molar-refractivity contribution is 7.15. The Morgan fingerprint density at radius 2 is 2.12 bits per heavy atom. The van der Waals surface area contributed by atoms with Crippen LogP contribution >= 0.6 is 11.3 Å². The fourth-order valence-electron chi connectivity index (χ4n) is 2.09. The van der Waals surface area contributed by atoms with Gasteiger partial charge in [0.15, 0.2) is 4.96 Å². The van der Waals surface area contributed by atoms with Gasteiger partial charge >= 0.3 is 0 Å². The number of nitrogens with zero attached hydrogens (tertiary/aromatic N) is 3. The lowest BCUT2D eigenvalue weighted by molar-refractivity contribution is 0.0719. The summed E-state index contributed by atoms with van der Waals surface area (Å²) in [6, 6.07) is 0. The number of likely N-dealkylation sites (tertiary alicyclic amines) is 1. The third-order valence-electron chi connectivity index (χ3n) is 2.96. The summed E-state index contributed by atoms with van der Waals surface area (Å²) >= 11 is 1.55.